The summed E-state index contributed by atoms with van der Waals surface area (Å²) in [6, 6.07) is 10.4. The number of oxazole rings is 1. The molecule has 1 heterocycles. The Labute approximate surface area is 143 Å². The third-order valence-electron chi connectivity index (χ3n) is 3.80. The lowest BCUT2D eigenvalue weighted by molar-refractivity contribution is 0.0953. The molecule has 0 aliphatic rings. The molecule has 0 saturated heterocycles. The lowest BCUT2D eigenvalue weighted by Gasteiger charge is -2.09. The van der Waals surface area contributed by atoms with Crippen LogP contribution in [-0.2, 0) is 6.42 Å². The highest BCUT2D eigenvalue weighted by molar-refractivity contribution is 5.95. The maximum atomic E-state index is 12.3. The van der Waals surface area contributed by atoms with Gasteiger partial charge >= 0.3 is 5.76 Å². The minimum absolute atomic E-state index is 0.213. The van der Waals surface area contributed by atoms with E-state index in [0.717, 1.165) is 5.56 Å². The Morgan fingerprint density at radius 2 is 1.84 bits per heavy atom. The van der Waals surface area contributed by atoms with E-state index in [1.165, 1.54) is 14.2 Å². The van der Waals surface area contributed by atoms with E-state index in [1.54, 1.807) is 24.3 Å². The summed E-state index contributed by atoms with van der Waals surface area (Å²) in [7, 11) is 3.07. The summed E-state index contributed by atoms with van der Waals surface area (Å²) in [5.74, 6) is 0.417. The molecule has 1 amide bonds. The molecule has 0 unspecified atom stereocenters. The van der Waals surface area contributed by atoms with Gasteiger partial charge in [-0.25, -0.2) is 4.79 Å². The van der Waals surface area contributed by atoms with Crippen LogP contribution in [0.25, 0.3) is 11.1 Å². The molecule has 0 aliphatic heterocycles. The van der Waals surface area contributed by atoms with Crippen LogP contribution in [0.2, 0.25) is 0 Å². The molecule has 0 radical (unpaired) electrons. The molecule has 3 aromatic rings. The Bertz CT molecular complexity index is 935. The van der Waals surface area contributed by atoms with E-state index >= 15 is 0 Å². The summed E-state index contributed by atoms with van der Waals surface area (Å²) < 4.78 is 15.3. The number of hydrogen-bond acceptors (Lipinski definition) is 5. The van der Waals surface area contributed by atoms with Gasteiger partial charge in [-0.05, 0) is 36.2 Å². The zero-order valence-electron chi connectivity index (χ0n) is 13.9. The molecule has 2 N–H and O–H groups in total. The van der Waals surface area contributed by atoms with Crippen LogP contribution in [0.1, 0.15) is 15.9 Å². The van der Waals surface area contributed by atoms with Gasteiger partial charge in [-0.3, -0.25) is 9.78 Å². The van der Waals surface area contributed by atoms with Crippen LogP contribution >= 0.6 is 0 Å². The second-order valence-electron chi connectivity index (χ2n) is 5.45. The van der Waals surface area contributed by atoms with Gasteiger partial charge in [-0.2, -0.15) is 0 Å². The van der Waals surface area contributed by atoms with Crippen molar-refractivity contribution in [1.82, 2.24) is 10.3 Å². The van der Waals surface area contributed by atoms with Crippen molar-refractivity contribution in [2.75, 3.05) is 20.8 Å². The van der Waals surface area contributed by atoms with Gasteiger partial charge in [0.1, 0.15) is 11.5 Å². The highest BCUT2D eigenvalue weighted by atomic mass is 16.5. The molecule has 3 rings (SSSR count). The maximum Gasteiger partial charge on any atom is 0.417 e. The highest BCUT2D eigenvalue weighted by Crippen LogP contribution is 2.22. The Kier molecular flexibility index (Phi) is 4.74. The predicted octanol–water partition coefficient (Wildman–Crippen LogP) is 2.11. The molecule has 0 aliphatic carbocycles. The Balaban J connectivity index is 1.64. The normalized spacial score (nSPS) is 10.6. The van der Waals surface area contributed by atoms with E-state index in [1.807, 2.05) is 12.1 Å². The van der Waals surface area contributed by atoms with Crippen LogP contribution in [0, 0.1) is 0 Å². The summed E-state index contributed by atoms with van der Waals surface area (Å²) in [4.78, 5) is 26.1. The zero-order chi connectivity index (χ0) is 17.8. The molecule has 130 valence electrons. The Hall–Kier alpha value is -3.22. The van der Waals surface area contributed by atoms with Gasteiger partial charge in [-0.1, -0.05) is 6.07 Å². The van der Waals surface area contributed by atoms with Gasteiger partial charge in [0.15, 0.2) is 5.58 Å². The summed E-state index contributed by atoms with van der Waals surface area (Å²) >= 11 is 0. The zero-order valence-corrected chi connectivity index (χ0v) is 13.9. The molecule has 0 atom stereocenters. The maximum absolute atomic E-state index is 12.3. The van der Waals surface area contributed by atoms with Gasteiger partial charge < -0.3 is 19.2 Å². The monoisotopic (exact) mass is 342 g/mol. The number of carbonyl (C=O) groups is 1. The minimum atomic E-state index is -0.479. The van der Waals surface area contributed by atoms with E-state index in [2.05, 4.69) is 10.3 Å². The second kappa shape index (κ2) is 7.12. The van der Waals surface area contributed by atoms with Crippen molar-refractivity contribution >= 4 is 17.0 Å². The molecule has 7 nitrogen and oxygen atoms in total. The number of carbonyl (C=O) groups excluding carboxylic acids is 1. The SMILES string of the molecule is COc1cc(OC)cc(C(=O)NCCc2ccc3oc(=O)[nH]c3c2)c1. The van der Waals surface area contributed by atoms with Crippen molar-refractivity contribution in [2.24, 2.45) is 0 Å². The van der Waals surface area contributed by atoms with E-state index in [0.29, 0.717) is 41.1 Å². The minimum Gasteiger partial charge on any atom is -0.497 e. The largest absolute Gasteiger partial charge is 0.497 e. The number of nitrogens with one attached hydrogen (secondary N) is 2. The molecule has 7 heteroatoms. The van der Waals surface area contributed by atoms with E-state index in [4.69, 9.17) is 13.9 Å². The van der Waals surface area contributed by atoms with Crippen molar-refractivity contribution in [3.8, 4) is 11.5 Å². The fourth-order valence-electron chi connectivity index (χ4n) is 2.52. The molecule has 1 aromatic heterocycles. The first-order chi connectivity index (χ1) is 12.1. The number of benzene rings is 2. The van der Waals surface area contributed by atoms with Crippen LogP contribution in [0.15, 0.2) is 45.6 Å². The van der Waals surface area contributed by atoms with Crippen LogP contribution < -0.4 is 20.5 Å². The summed E-state index contributed by atoms with van der Waals surface area (Å²) in [6.07, 6.45) is 0.621. The van der Waals surface area contributed by atoms with Crippen LogP contribution in [0.4, 0.5) is 0 Å². The lowest BCUT2D eigenvalue weighted by atomic mass is 10.1. The number of ether oxygens (including phenoxy) is 2. The molecule has 0 bridgehead atoms. The third kappa shape index (κ3) is 3.82. The molecule has 0 fully saturated rings. The number of hydrogen-bond donors (Lipinski definition) is 2. The quantitative estimate of drug-likeness (QED) is 0.716. The molecule has 2 aromatic carbocycles. The first-order valence-electron chi connectivity index (χ1n) is 7.72. The van der Waals surface area contributed by atoms with Gasteiger partial charge in [0.05, 0.1) is 19.7 Å². The number of H-pyrrole nitrogens is 1. The number of aromatic nitrogens is 1. The molecular formula is C18H18N2O5. The van der Waals surface area contributed by atoms with Crippen molar-refractivity contribution in [2.45, 2.75) is 6.42 Å². The van der Waals surface area contributed by atoms with Crippen molar-refractivity contribution in [3.05, 3.63) is 58.1 Å². The van der Waals surface area contributed by atoms with E-state index in [9.17, 15) is 9.59 Å². The van der Waals surface area contributed by atoms with Crippen LogP contribution in [0.3, 0.4) is 0 Å². The Morgan fingerprint density at radius 3 is 2.52 bits per heavy atom. The number of aromatic amines is 1. The molecule has 25 heavy (non-hydrogen) atoms. The van der Waals surface area contributed by atoms with Crippen LogP contribution in [0.5, 0.6) is 11.5 Å². The lowest BCUT2D eigenvalue weighted by Crippen LogP contribution is -2.25. The van der Waals surface area contributed by atoms with Crippen LogP contribution in [-0.4, -0.2) is 31.7 Å². The van der Waals surface area contributed by atoms with Crippen molar-refractivity contribution < 1.29 is 18.7 Å². The predicted molar refractivity (Wildman–Crippen MR) is 92.4 cm³/mol. The second-order valence-corrected chi connectivity index (χ2v) is 5.45. The summed E-state index contributed by atoms with van der Waals surface area (Å²) in [5, 5.41) is 2.86. The first kappa shape index (κ1) is 16.6. The average Bonchev–Trinajstić information content (AvgIpc) is 3.00. The number of fused-ring (bicyclic) bond motifs is 1. The third-order valence-corrected chi connectivity index (χ3v) is 3.80. The van der Waals surface area contributed by atoms with Gasteiger partial charge in [0.2, 0.25) is 0 Å². The number of methoxy groups -OCH3 is 2. The smallest absolute Gasteiger partial charge is 0.417 e. The Morgan fingerprint density at radius 1 is 1.12 bits per heavy atom. The average molecular weight is 342 g/mol. The van der Waals surface area contributed by atoms with Gasteiger partial charge in [0, 0.05) is 18.2 Å². The molecular weight excluding hydrogens is 324 g/mol. The highest BCUT2D eigenvalue weighted by Gasteiger charge is 2.10. The van der Waals surface area contributed by atoms with Gasteiger partial charge in [-0.15, -0.1) is 0 Å². The van der Waals surface area contributed by atoms with Crippen molar-refractivity contribution in [1.29, 1.82) is 0 Å². The fourth-order valence-corrected chi connectivity index (χ4v) is 2.52. The summed E-state index contributed by atoms with van der Waals surface area (Å²) in [5.41, 5.74) is 2.60. The fraction of sp³-hybridized carbons (Fsp3) is 0.222. The van der Waals surface area contributed by atoms with Gasteiger partial charge in [0.25, 0.3) is 5.91 Å². The topological polar surface area (TPSA) is 93.6 Å². The van der Waals surface area contributed by atoms with E-state index in [-0.39, 0.29) is 5.91 Å². The molecule has 0 saturated carbocycles. The molecule has 0 spiro atoms. The van der Waals surface area contributed by atoms with Crippen molar-refractivity contribution in [3.63, 3.8) is 0 Å². The first-order valence-corrected chi connectivity index (χ1v) is 7.72. The van der Waals surface area contributed by atoms with E-state index < -0.39 is 5.76 Å². The standard InChI is InChI=1S/C18H18N2O5/c1-23-13-8-12(9-14(10-13)24-2)17(21)19-6-5-11-3-4-16-15(7-11)20-18(22)25-16/h3-4,7-10H,5-6H2,1-2H3,(H,19,21)(H,20,22). The summed E-state index contributed by atoms with van der Waals surface area (Å²) in [6.45, 7) is 0.450. The number of rotatable bonds is 6. The number of amides is 1.